The number of benzene rings is 1. The summed E-state index contributed by atoms with van der Waals surface area (Å²) in [6, 6.07) is 3.23. The SMILES string of the molecule is CCCC(N)C(=O)Nc1nc2cc3c(cc2s1)OCCO3. The Morgan fingerprint density at radius 3 is 2.86 bits per heavy atom. The maximum absolute atomic E-state index is 11.9. The minimum Gasteiger partial charge on any atom is -0.486 e. The van der Waals surface area contributed by atoms with E-state index in [2.05, 4.69) is 10.3 Å². The fraction of sp³-hybridized carbons (Fsp3) is 0.429. The van der Waals surface area contributed by atoms with Gasteiger partial charge in [-0.3, -0.25) is 4.79 Å². The van der Waals surface area contributed by atoms with Crippen molar-refractivity contribution in [2.24, 2.45) is 5.73 Å². The zero-order valence-electron chi connectivity index (χ0n) is 11.7. The van der Waals surface area contributed by atoms with Crippen LogP contribution in [0.4, 0.5) is 5.13 Å². The Labute approximate surface area is 126 Å². The quantitative estimate of drug-likeness (QED) is 0.903. The average molecular weight is 307 g/mol. The summed E-state index contributed by atoms with van der Waals surface area (Å²) in [7, 11) is 0. The number of aromatic nitrogens is 1. The predicted molar refractivity (Wildman–Crippen MR) is 82.1 cm³/mol. The molecule has 7 heteroatoms. The van der Waals surface area contributed by atoms with Crippen LogP contribution < -0.4 is 20.5 Å². The number of ether oxygens (including phenoxy) is 2. The van der Waals surface area contributed by atoms with Crippen molar-refractivity contribution in [2.45, 2.75) is 25.8 Å². The molecule has 21 heavy (non-hydrogen) atoms. The van der Waals surface area contributed by atoms with Crippen LogP contribution in [0.2, 0.25) is 0 Å². The van der Waals surface area contributed by atoms with E-state index in [1.54, 1.807) is 0 Å². The van der Waals surface area contributed by atoms with E-state index in [1.165, 1.54) is 11.3 Å². The van der Waals surface area contributed by atoms with Crippen LogP contribution in [0.25, 0.3) is 10.2 Å². The number of nitrogens with zero attached hydrogens (tertiary/aromatic N) is 1. The van der Waals surface area contributed by atoms with E-state index in [1.807, 2.05) is 19.1 Å². The second-order valence-electron chi connectivity index (χ2n) is 4.87. The van der Waals surface area contributed by atoms with E-state index < -0.39 is 6.04 Å². The molecule has 2 heterocycles. The van der Waals surface area contributed by atoms with Crippen molar-refractivity contribution in [3.05, 3.63) is 12.1 Å². The largest absolute Gasteiger partial charge is 0.486 e. The highest BCUT2D eigenvalue weighted by atomic mass is 32.1. The van der Waals surface area contributed by atoms with E-state index in [9.17, 15) is 4.79 Å². The number of hydrogen-bond acceptors (Lipinski definition) is 6. The van der Waals surface area contributed by atoms with Gasteiger partial charge in [-0.1, -0.05) is 24.7 Å². The first-order valence-electron chi connectivity index (χ1n) is 6.94. The molecule has 3 N–H and O–H groups in total. The molecule has 0 aliphatic carbocycles. The summed E-state index contributed by atoms with van der Waals surface area (Å²) in [5.41, 5.74) is 6.58. The average Bonchev–Trinajstić information content (AvgIpc) is 2.85. The fourth-order valence-electron chi connectivity index (χ4n) is 2.16. The van der Waals surface area contributed by atoms with Crippen molar-refractivity contribution in [3.8, 4) is 11.5 Å². The summed E-state index contributed by atoms with van der Waals surface area (Å²) in [6.07, 6.45) is 1.53. The summed E-state index contributed by atoms with van der Waals surface area (Å²) >= 11 is 1.40. The predicted octanol–water partition coefficient (Wildman–Crippen LogP) is 2.13. The minimum absolute atomic E-state index is 0.201. The van der Waals surface area contributed by atoms with Crippen LogP contribution in [-0.2, 0) is 4.79 Å². The summed E-state index contributed by atoms with van der Waals surface area (Å²) in [4.78, 5) is 16.3. The standard InChI is InChI=1S/C14H17N3O3S/c1-2-3-8(15)13(18)17-14-16-9-6-10-11(7-12(9)21-14)20-5-4-19-10/h6-8H,2-5,15H2,1H3,(H,16,17,18). The lowest BCUT2D eigenvalue weighted by Crippen LogP contribution is -2.35. The number of nitrogens with two attached hydrogens (primary N) is 1. The number of thiazole rings is 1. The minimum atomic E-state index is -0.498. The Morgan fingerprint density at radius 2 is 2.14 bits per heavy atom. The molecular formula is C14H17N3O3S. The smallest absolute Gasteiger partial charge is 0.243 e. The molecular weight excluding hydrogens is 290 g/mol. The number of anilines is 1. The van der Waals surface area contributed by atoms with Crippen LogP contribution in [-0.4, -0.2) is 30.1 Å². The molecule has 0 fully saturated rings. The lowest BCUT2D eigenvalue weighted by Gasteiger charge is -2.17. The summed E-state index contributed by atoms with van der Waals surface area (Å²) < 4.78 is 12.0. The summed E-state index contributed by atoms with van der Waals surface area (Å²) in [5.74, 6) is 1.21. The molecule has 6 nitrogen and oxygen atoms in total. The van der Waals surface area contributed by atoms with Gasteiger partial charge in [-0.2, -0.15) is 0 Å². The topological polar surface area (TPSA) is 86.5 Å². The number of rotatable bonds is 4. The van der Waals surface area contributed by atoms with Crippen LogP contribution in [0.5, 0.6) is 11.5 Å². The molecule has 2 aromatic rings. The van der Waals surface area contributed by atoms with E-state index in [0.29, 0.717) is 30.5 Å². The van der Waals surface area contributed by atoms with Crippen molar-refractivity contribution < 1.29 is 14.3 Å². The van der Waals surface area contributed by atoms with Crippen LogP contribution in [0, 0.1) is 0 Å². The third-order valence-electron chi connectivity index (χ3n) is 3.22. The first-order valence-corrected chi connectivity index (χ1v) is 7.75. The van der Waals surface area contributed by atoms with Gasteiger partial charge in [0.15, 0.2) is 16.6 Å². The van der Waals surface area contributed by atoms with Gasteiger partial charge in [-0.15, -0.1) is 0 Å². The molecule has 1 aromatic heterocycles. The van der Waals surface area contributed by atoms with Crippen LogP contribution in [0.1, 0.15) is 19.8 Å². The number of hydrogen-bond donors (Lipinski definition) is 2. The highest BCUT2D eigenvalue weighted by Crippen LogP contribution is 2.37. The number of nitrogens with one attached hydrogen (secondary N) is 1. The van der Waals surface area contributed by atoms with Gasteiger partial charge in [0.25, 0.3) is 0 Å². The summed E-state index contributed by atoms with van der Waals surface area (Å²) in [6.45, 7) is 3.08. The van der Waals surface area contributed by atoms with Crippen LogP contribution in [0.15, 0.2) is 12.1 Å². The lowest BCUT2D eigenvalue weighted by molar-refractivity contribution is -0.117. The number of fused-ring (bicyclic) bond motifs is 2. The maximum atomic E-state index is 11.9. The van der Waals surface area contributed by atoms with E-state index in [-0.39, 0.29) is 5.91 Å². The Kier molecular flexibility index (Phi) is 3.94. The number of carbonyl (C=O) groups excluding carboxylic acids is 1. The van der Waals surface area contributed by atoms with Gasteiger partial charge in [0.2, 0.25) is 5.91 Å². The van der Waals surface area contributed by atoms with Crippen molar-refractivity contribution in [1.29, 1.82) is 0 Å². The lowest BCUT2D eigenvalue weighted by atomic mass is 10.2. The van der Waals surface area contributed by atoms with Gasteiger partial charge < -0.3 is 20.5 Å². The van der Waals surface area contributed by atoms with E-state index in [4.69, 9.17) is 15.2 Å². The zero-order valence-corrected chi connectivity index (χ0v) is 12.5. The molecule has 0 saturated carbocycles. The Bertz CT molecular complexity index is 628. The van der Waals surface area contributed by atoms with Crippen molar-refractivity contribution >= 4 is 32.6 Å². The molecule has 0 radical (unpaired) electrons. The van der Waals surface area contributed by atoms with Gasteiger partial charge in [0, 0.05) is 12.1 Å². The second kappa shape index (κ2) is 5.87. The van der Waals surface area contributed by atoms with Gasteiger partial charge in [-0.05, 0) is 6.42 Å². The van der Waals surface area contributed by atoms with Crippen molar-refractivity contribution in [1.82, 2.24) is 4.98 Å². The fourth-order valence-corrected chi connectivity index (χ4v) is 3.04. The summed E-state index contributed by atoms with van der Waals surface area (Å²) in [5, 5.41) is 3.31. The number of amides is 1. The van der Waals surface area contributed by atoms with Crippen LogP contribution >= 0.6 is 11.3 Å². The van der Waals surface area contributed by atoms with Crippen molar-refractivity contribution in [3.63, 3.8) is 0 Å². The number of carbonyl (C=O) groups is 1. The second-order valence-corrected chi connectivity index (χ2v) is 5.90. The molecule has 1 amide bonds. The Morgan fingerprint density at radius 1 is 1.43 bits per heavy atom. The molecule has 0 saturated heterocycles. The van der Waals surface area contributed by atoms with Crippen LogP contribution in [0.3, 0.4) is 0 Å². The normalized spacial score (nSPS) is 15.0. The molecule has 3 rings (SSSR count). The highest BCUT2D eigenvalue weighted by Gasteiger charge is 2.17. The monoisotopic (exact) mass is 307 g/mol. The Hall–Kier alpha value is -1.86. The third-order valence-corrected chi connectivity index (χ3v) is 4.15. The van der Waals surface area contributed by atoms with Gasteiger partial charge in [0.05, 0.1) is 16.3 Å². The van der Waals surface area contributed by atoms with Gasteiger partial charge in [0.1, 0.15) is 13.2 Å². The molecule has 1 aliphatic rings. The molecule has 0 spiro atoms. The molecule has 1 aromatic carbocycles. The van der Waals surface area contributed by atoms with Gasteiger partial charge >= 0.3 is 0 Å². The Balaban J connectivity index is 1.82. The molecule has 1 unspecified atom stereocenters. The zero-order chi connectivity index (χ0) is 14.8. The van der Waals surface area contributed by atoms with E-state index >= 15 is 0 Å². The van der Waals surface area contributed by atoms with Crippen molar-refractivity contribution in [2.75, 3.05) is 18.5 Å². The first-order chi connectivity index (χ1) is 10.2. The first kappa shape index (κ1) is 14.1. The molecule has 1 aliphatic heterocycles. The molecule has 112 valence electrons. The molecule has 0 bridgehead atoms. The van der Waals surface area contributed by atoms with E-state index in [0.717, 1.165) is 22.4 Å². The molecule has 1 atom stereocenters. The highest BCUT2D eigenvalue weighted by molar-refractivity contribution is 7.22. The maximum Gasteiger partial charge on any atom is 0.243 e. The third kappa shape index (κ3) is 2.93. The van der Waals surface area contributed by atoms with Gasteiger partial charge in [-0.25, -0.2) is 4.98 Å².